The molecule has 1 amide bonds. The first-order valence-corrected chi connectivity index (χ1v) is 13.9. The van der Waals surface area contributed by atoms with E-state index in [0.29, 0.717) is 29.2 Å². The van der Waals surface area contributed by atoms with Crippen LogP contribution in [0.15, 0.2) is 49.2 Å². The third-order valence-corrected chi connectivity index (χ3v) is 7.75. The van der Waals surface area contributed by atoms with Crippen LogP contribution in [0.3, 0.4) is 0 Å². The topological polar surface area (TPSA) is 109 Å². The van der Waals surface area contributed by atoms with Gasteiger partial charge in [-0.25, -0.2) is 24.3 Å². The minimum Gasteiger partial charge on any atom is -0.369 e. The van der Waals surface area contributed by atoms with Crippen LogP contribution in [0.25, 0.3) is 22.2 Å². The molecule has 5 rings (SSSR count). The van der Waals surface area contributed by atoms with Crippen LogP contribution >= 0.6 is 0 Å². The molecule has 208 valence electrons. The van der Waals surface area contributed by atoms with Crippen LogP contribution in [0.2, 0.25) is 0 Å². The summed E-state index contributed by atoms with van der Waals surface area (Å²) in [6.07, 6.45) is 9.60. The van der Waals surface area contributed by atoms with Crippen LogP contribution in [0.5, 0.6) is 0 Å². The van der Waals surface area contributed by atoms with E-state index in [0.717, 1.165) is 54.9 Å². The number of nitrogens with zero attached hydrogens (tertiary/aromatic N) is 6. The zero-order chi connectivity index (χ0) is 28.1. The van der Waals surface area contributed by atoms with E-state index < -0.39 is 11.7 Å². The van der Waals surface area contributed by atoms with E-state index in [1.54, 1.807) is 6.07 Å². The van der Waals surface area contributed by atoms with Crippen molar-refractivity contribution < 1.29 is 9.18 Å². The predicted octanol–water partition coefficient (Wildman–Crippen LogP) is 4.47. The lowest BCUT2D eigenvalue weighted by molar-refractivity contribution is 0.0960. The second-order valence-electron chi connectivity index (χ2n) is 10.3. The maximum Gasteiger partial charge on any atom is 0.254 e. The van der Waals surface area contributed by atoms with Crippen molar-refractivity contribution in [2.45, 2.75) is 39.0 Å². The fraction of sp³-hybridized carbons (Fsp3) is 0.400. The summed E-state index contributed by atoms with van der Waals surface area (Å²) in [5.41, 5.74) is 3.10. The molecule has 1 aliphatic heterocycles. The van der Waals surface area contributed by atoms with E-state index in [1.165, 1.54) is 26.2 Å². The van der Waals surface area contributed by atoms with Gasteiger partial charge < -0.3 is 15.5 Å². The molecule has 0 bridgehead atoms. The number of rotatable bonds is 9. The van der Waals surface area contributed by atoms with Gasteiger partial charge in [-0.05, 0) is 44.0 Å². The Labute approximate surface area is 233 Å². The quantitative estimate of drug-likeness (QED) is 0.319. The fourth-order valence-corrected chi connectivity index (χ4v) is 5.31. The van der Waals surface area contributed by atoms with E-state index in [1.807, 2.05) is 37.5 Å². The molecule has 0 radical (unpaired) electrons. The number of para-hydroxylation sites is 1. The van der Waals surface area contributed by atoms with E-state index >= 15 is 0 Å². The maximum atomic E-state index is 14.4. The van der Waals surface area contributed by atoms with Gasteiger partial charge >= 0.3 is 0 Å². The average molecular weight is 543 g/mol. The van der Waals surface area contributed by atoms with E-state index in [4.69, 9.17) is 0 Å². The number of anilines is 1. The molecule has 10 heteroatoms. The molecule has 9 nitrogen and oxygen atoms in total. The lowest BCUT2D eigenvalue weighted by atomic mass is 9.93. The summed E-state index contributed by atoms with van der Waals surface area (Å²) in [5, 5.41) is 6.37. The van der Waals surface area contributed by atoms with E-state index in [-0.39, 0.29) is 11.5 Å². The molecule has 1 aliphatic rings. The Morgan fingerprint density at radius 1 is 1.10 bits per heavy atom. The van der Waals surface area contributed by atoms with Gasteiger partial charge in [-0.2, -0.15) is 0 Å². The van der Waals surface area contributed by atoms with E-state index in [2.05, 4.69) is 47.4 Å². The third-order valence-electron chi connectivity index (χ3n) is 7.75. The molecule has 0 spiro atoms. The molecular weight excluding hydrogens is 507 g/mol. The number of aromatic nitrogens is 5. The molecule has 2 N–H and O–H groups in total. The predicted molar refractivity (Wildman–Crippen MR) is 154 cm³/mol. The summed E-state index contributed by atoms with van der Waals surface area (Å²) < 4.78 is 14.4. The Morgan fingerprint density at radius 3 is 2.60 bits per heavy atom. The maximum absolute atomic E-state index is 14.4. The number of hydrogen-bond acceptors (Lipinski definition) is 8. The van der Waals surface area contributed by atoms with Crippen molar-refractivity contribution in [3.63, 3.8) is 0 Å². The molecule has 1 fully saturated rings. The summed E-state index contributed by atoms with van der Waals surface area (Å²) in [5.74, 6) is 1.08. The first-order valence-electron chi connectivity index (χ1n) is 13.9. The summed E-state index contributed by atoms with van der Waals surface area (Å²) in [4.78, 5) is 37.2. The van der Waals surface area contributed by atoms with Gasteiger partial charge in [0, 0.05) is 55.3 Å². The van der Waals surface area contributed by atoms with Crippen molar-refractivity contribution in [3.05, 3.63) is 72.0 Å². The molecule has 1 aromatic carbocycles. The monoisotopic (exact) mass is 542 g/mol. The second-order valence-corrected chi connectivity index (χ2v) is 10.3. The molecular formula is C30H35FN8O. The van der Waals surface area contributed by atoms with Gasteiger partial charge in [0.25, 0.3) is 5.91 Å². The highest BCUT2D eigenvalue weighted by molar-refractivity contribution is 6.06. The standard InChI is InChI=1S/C30H35FN8O/c1-4-39-10-8-20(9-11-39)12-26-34-15-21(16-35-26)25-13-27(38-18-37-25)33-14-19(2)22-6-5-7-23-28(30(40)32-3)24(31)17-36-29(22)23/h5-7,13,15-20H,4,8-12,14H2,1-3H3,(H,32,40)(H,33,37,38)/t19-/m1/s1. The van der Waals surface area contributed by atoms with E-state index in [9.17, 15) is 9.18 Å². The molecule has 40 heavy (non-hydrogen) atoms. The number of carbonyl (C=O) groups is 1. The first-order chi connectivity index (χ1) is 19.5. The third kappa shape index (κ3) is 6.07. The summed E-state index contributed by atoms with van der Waals surface area (Å²) in [6, 6.07) is 7.37. The summed E-state index contributed by atoms with van der Waals surface area (Å²) in [6.45, 7) is 8.24. The number of pyridine rings is 1. The number of hydrogen-bond donors (Lipinski definition) is 2. The molecule has 4 aromatic rings. The number of fused-ring (bicyclic) bond motifs is 1. The minimum atomic E-state index is -0.641. The molecule has 3 aromatic heterocycles. The fourth-order valence-electron chi connectivity index (χ4n) is 5.31. The van der Waals surface area contributed by atoms with Crippen molar-refractivity contribution in [2.24, 2.45) is 5.92 Å². The Balaban J connectivity index is 1.25. The number of piperidine rings is 1. The van der Waals surface area contributed by atoms with Crippen molar-refractivity contribution in [1.82, 2.24) is 35.1 Å². The van der Waals surface area contributed by atoms with Crippen LogP contribution in [-0.2, 0) is 6.42 Å². The number of nitrogens with one attached hydrogen (secondary N) is 2. The number of amides is 1. The second kappa shape index (κ2) is 12.4. The van der Waals surface area contributed by atoms with Crippen LogP contribution in [-0.4, -0.2) is 69.0 Å². The highest BCUT2D eigenvalue weighted by Gasteiger charge is 2.20. The molecule has 0 aliphatic carbocycles. The van der Waals surface area contributed by atoms with Gasteiger partial charge in [0.1, 0.15) is 18.0 Å². The zero-order valence-electron chi connectivity index (χ0n) is 23.2. The van der Waals surface area contributed by atoms with Gasteiger partial charge in [0.15, 0.2) is 5.82 Å². The molecule has 0 unspecified atom stereocenters. The van der Waals surface area contributed by atoms with Crippen LogP contribution in [0, 0.1) is 11.7 Å². The van der Waals surface area contributed by atoms with Gasteiger partial charge in [-0.15, -0.1) is 0 Å². The Hall–Kier alpha value is -4.05. The number of benzene rings is 1. The molecule has 1 atom stereocenters. The SMILES string of the molecule is CCN1CCC(Cc2ncc(-c3cc(NC[C@@H](C)c4cccc5c(C(=O)NC)c(F)cnc45)ncn3)cn2)CC1. The van der Waals surface area contributed by atoms with Crippen LogP contribution in [0.1, 0.15) is 54.4 Å². The molecule has 1 saturated heterocycles. The molecule has 0 saturated carbocycles. The smallest absolute Gasteiger partial charge is 0.254 e. The number of likely N-dealkylation sites (tertiary alicyclic amines) is 1. The van der Waals surface area contributed by atoms with Crippen molar-refractivity contribution in [1.29, 1.82) is 0 Å². The summed E-state index contributed by atoms with van der Waals surface area (Å²) >= 11 is 0. The van der Waals surface area contributed by atoms with Gasteiger partial charge in [0.2, 0.25) is 0 Å². The van der Waals surface area contributed by atoms with Gasteiger partial charge in [-0.1, -0.05) is 32.0 Å². The minimum absolute atomic E-state index is 0.00410. The Bertz CT molecular complexity index is 1470. The lowest BCUT2D eigenvalue weighted by Crippen LogP contribution is -2.34. The Morgan fingerprint density at radius 2 is 1.88 bits per heavy atom. The highest BCUT2D eigenvalue weighted by Crippen LogP contribution is 2.28. The van der Waals surface area contributed by atoms with Crippen molar-refractivity contribution >= 4 is 22.6 Å². The lowest BCUT2D eigenvalue weighted by Gasteiger charge is -2.30. The van der Waals surface area contributed by atoms with Gasteiger partial charge in [-0.3, -0.25) is 9.78 Å². The van der Waals surface area contributed by atoms with Crippen LogP contribution < -0.4 is 10.6 Å². The van der Waals surface area contributed by atoms with Gasteiger partial charge in [0.05, 0.1) is 23.0 Å². The van der Waals surface area contributed by atoms with Crippen LogP contribution in [0.4, 0.5) is 10.2 Å². The number of halogens is 1. The number of carbonyl (C=O) groups excluding carboxylic acids is 1. The normalized spacial score (nSPS) is 15.2. The highest BCUT2D eigenvalue weighted by atomic mass is 19.1. The largest absolute Gasteiger partial charge is 0.369 e. The first kappa shape index (κ1) is 27.5. The summed E-state index contributed by atoms with van der Waals surface area (Å²) in [7, 11) is 1.48. The zero-order valence-corrected chi connectivity index (χ0v) is 23.2. The average Bonchev–Trinajstić information content (AvgIpc) is 3.00. The van der Waals surface area contributed by atoms with Crippen molar-refractivity contribution in [3.8, 4) is 11.3 Å². The van der Waals surface area contributed by atoms with Crippen molar-refractivity contribution in [2.75, 3.05) is 38.5 Å². The molecule has 4 heterocycles. The Kier molecular flexibility index (Phi) is 8.54.